The number of hydrogen-bond donors (Lipinski definition) is 1. The Kier molecular flexibility index (Phi) is 4.91. The molecule has 2 amide bonds. The van der Waals surface area contributed by atoms with Crippen LogP contribution in [-0.4, -0.2) is 30.7 Å². The molecule has 0 bridgehead atoms. The van der Waals surface area contributed by atoms with Crippen LogP contribution in [0, 0.1) is 5.92 Å². The average molecular weight is 374 g/mol. The topological polar surface area (TPSA) is 67.2 Å². The van der Waals surface area contributed by atoms with Gasteiger partial charge in [-0.1, -0.05) is 37.7 Å². The zero-order valence-corrected chi connectivity index (χ0v) is 15.8. The summed E-state index contributed by atoms with van der Waals surface area (Å²) in [6.45, 7) is 3.88. The highest BCUT2D eigenvalue weighted by Crippen LogP contribution is 2.31. The lowest BCUT2D eigenvalue weighted by Gasteiger charge is -2.16. The monoisotopic (exact) mass is 374 g/mol. The molecule has 1 fully saturated rings. The molecule has 0 atom stereocenters. The summed E-state index contributed by atoms with van der Waals surface area (Å²) in [5, 5.41) is 1.14. The van der Waals surface area contributed by atoms with Gasteiger partial charge in [-0.15, -0.1) is 0 Å². The van der Waals surface area contributed by atoms with Crippen LogP contribution in [0.3, 0.4) is 0 Å². The molecular formula is C17H18N4O2S2. The number of para-hydroxylation sites is 2. The van der Waals surface area contributed by atoms with Gasteiger partial charge in [0.15, 0.2) is 4.32 Å². The van der Waals surface area contributed by atoms with E-state index in [9.17, 15) is 9.59 Å². The Bertz CT molecular complexity index is 901. The lowest BCUT2D eigenvalue weighted by Crippen LogP contribution is -2.45. The smallest absolute Gasteiger partial charge is 0.285 e. The highest BCUT2D eigenvalue weighted by Gasteiger charge is 2.34. The van der Waals surface area contributed by atoms with Gasteiger partial charge in [-0.3, -0.25) is 15.0 Å². The Balaban J connectivity index is 1.84. The fourth-order valence-corrected chi connectivity index (χ4v) is 3.66. The van der Waals surface area contributed by atoms with Gasteiger partial charge in [0.05, 0.1) is 15.9 Å². The molecule has 1 aromatic carbocycles. The van der Waals surface area contributed by atoms with Gasteiger partial charge in [0.1, 0.15) is 5.82 Å². The fourth-order valence-electron chi connectivity index (χ4n) is 2.52. The van der Waals surface area contributed by atoms with Crippen molar-refractivity contribution in [2.24, 2.45) is 13.0 Å². The number of rotatable bonds is 4. The van der Waals surface area contributed by atoms with Gasteiger partial charge >= 0.3 is 0 Å². The van der Waals surface area contributed by atoms with E-state index in [1.807, 2.05) is 49.7 Å². The molecule has 6 nitrogen and oxygen atoms in total. The van der Waals surface area contributed by atoms with Crippen LogP contribution in [0.2, 0.25) is 0 Å². The van der Waals surface area contributed by atoms with Crippen LogP contribution in [0.1, 0.15) is 26.1 Å². The molecule has 0 unspecified atom stereocenters. The van der Waals surface area contributed by atoms with E-state index in [-0.39, 0.29) is 17.7 Å². The predicted octanol–water partition coefficient (Wildman–Crippen LogP) is 2.85. The number of aryl methyl sites for hydroxylation is 1. The third-order valence-corrected chi connectivity index (χ3v) is 5.01. The third-order valence-electron chi connectivity index (χ3n) is 3.71. The number of nitrogens with one attached hydrogen (secondary N) is 1. The fraction of sp³-hybridized carbons (Fsp3) is 0.294. The molecule has 2 aromatic rings. The standard InChI is InChI=1S/C17H18N4O2S2/c1-10(2)8-15(22)19-21-16(23)13(25-17(21)24)9-14-18-11-6-4-5-7-12(11)20(14)3/h4-7,9-10H,8H2,1-3H3,(H,19,22). The molecule has 0 spiro atoms. The van der Waals surface area contributed by atoms with E-state index in [1.165, 1.54) is 0 Å². The average Bonchev–Trinajstić information content (AvgIpc) is 2.99. The summed E-state index contributed by atoms with van der Waals surface area (Å²) in [4.78, 5) is 29.5. The zero-order valence-electron chi connectivity index (χ0n) is 14.1. The molecule has 3 rings (SSSR count). The summed E-state index contributed by atoms with van der Waals surface area (Å²) < 4.78 is 2.23. The Morgan fingerprint density at radius 3 is 2.80 bits per heavy atom. The quantitative estimate of drug-likeness (QED) is 0.658. The second kappa shape index (κ2) is 6.97. The molecule has 0 saturated carbocycles. The minimum absolute atomic E-state index is 0.203. The van der Waals surface area contributed by atoms with Crippen molar-refractivity contribution in [2.45, 2.75) is 20.3 Å². The molecule has 0 radical (unpaired) electrons. The van der Waals surface area contributed by atoms with Crippen molar-refractivity contribution >= 4 is 57.2 Å². The van der Waals surface area contributed by atoms with Gasteiger partial charge in [0.25, 0.3) is 5.91 Å². The molecule has 1 aliphatic rings. The van der Waals surface area contributed by atoms with Crippen molar-refractivity contribution in [1.82, 2.24) is 20.0 Å². The van der Waals surface area contributed by atoms with Crippen LogP contribution in [0.25, 0.3) is 17.1 Å². The molecule has 1 aromatic heterocycles. The number of thiocarbonyl (C=S) groups is 1. The first-order chi connectivity index (χ1) is 11.9. The predicted molar refractivity (Wildman–Crippen MR) is 103 cm³/mol. The SMILES string of the molecule is CC(C)CC(=O)NN1C(=O)C(=Cc2nc3ccccc3n2C)SC1=S. The lowest BCUT2D eigenvalue weighted by atomic mass is 10.1. The van der Waals surface area contributed by atoms with E-state index in [1.54, 1.807) is 6.08 Å². The second-order valence-corrected chi connectivity index (χ2v) is 7.84. The first-order valence-electron chi connectivity index (χ1n) is 7.85. The number of imidazole rings is 1. The molecular weight excluding hydrogens is 356 g/mol. The van der Waals surface area contributed by atoms with Gasteiger partial charge < -0.3 is 4.57 Å². The molecule has 25 heavy (non-hydrogen) atoms. The molecule has 2 heterocycles. The molecule has 1 saturated heterocycles. The van der Waals surface area contributed by atoms with Gasteiger partial charge in [-0.05, 0) is 30.3 Å². The van der Waals surface area contributed by atoms with E-state index < -0.39 is 0 Å². The summed E-state index contributed by atoms with van der Waals surface area (Å²) in [5.74, 6) is 0.304. The number of amides is 2. The summed E-state index contributed by atoms with van der Waals surface area (Å²) >= 11 is 6.38. The molecule has 1 N–H and O–H groups in total. The van der Waals surface area contributed by atoms with E-state index in [4.69, 9.17) is 12.2 Å². The van der Waals surface area contributed by atoms with Crippen LogP contribution >= 0.6 is 24.0 Å². The lowest BCUT2D eigenvalue weighted by molar-refractivity contribution is -0.133. The Labute approximate surface area is 155 Å². The Hall–Kier alpha value is -2.19. The normalized spacial score (nSPS) is 16.5. The van der Waals surface area contributed by atoms with Crippen LogP contribution in [-0.2, 0) is 16.6 Å². The number of carbonyl (C=O) groups is 2. The number of aromatic nitrogens is 2. The number of thioether (sulfide) groups is 1. The van der Waals surface area contributed by atoms with Crippen molar-refractivity contribution in [1.29, 1.82) is 0 Å². The van der Waals surface area contributed by atoms with Crippen LogP contribution in [0.5, 0.6) is 0 Å². The summed E-state index contributed by atoms with van der Waals surface area (Å²) in [6.07, 6.45) is 2.04. The van der Waals surface area contributed by atoms with E-state index in [2.05, 4.69) is 10.4 Å². The van der Waals surface area contributed by atoms with E-state index in [0.717, 1.165) is 27.8 Å². The minimum Gasteiger partial charge on any atom is -0.328 e. The maximum absolute atomic E-state index is 12.6. The van der Waals surface area contributed by atoms with E-state index >= 15 is 0 Å². The summed E-state index contributed by atoms with van der Waals surface area (Å²) in [7, 11) is 1.90. The highest BCUT2D eigenvalue weighted by atomic mass is 32.2. The van der Waals surface area contributed by atoms with E-state index in [0.29, 0.717) is 21.5 Å². The number of nitrogens with zero attached hydrogens (tertiary/aromatic N) is 3. The first-order valence-corrected chi connectivity index (χ1v) is 9.08. The summed E-state index contributed by atoms with van der Waals surface area (Å²) in [5.41, 5.74) is 4.42. The van der Waals surface area contributed by atoms with Gasteiger partial charge in [-0.25, -0.2) is 4.98 Å². The van der Waals surface area contributed by atoms with Gasteiger partial charge in [-0.2, -0.15) is 5.01 Å². The minimum atomic E-state index is -0.334. The first kappa shape index (κ1) is 17.6. The Morgan fingerprint density at radius 1 is 1.40 bits per heavy atom. The maximum Gasteiger partial charge on any atom is 0.285 e. The highest BCUT2D eigenvalue weighted by molar-refractivity contribution is 8.26. The Morgan fingerprint density at radius 2 is 2.12 bits per heavy atom. The third kappa shape index (κ3) is 3.59. The van der Waals surface area contributed by atoms with Gasteiger partial charge in [0, 0.05) is 19.5 Å². The second-order valence-electron chi connectivity index (χ2n) is 6.17. The molecule has 0 aliphatic carbocycles. The number of fused-ring (bicyclic) bond motifs is 1. The van der Waals surface area contributed by atoms with Crippen LogP contribution in [0.15, 0.2) is 29.2 Å². The van der Waals surface area contributed by atoms with Crippen molar-refractivity contribution < 1.29 is 9.59 Å². The van der Waals surface area contributed by atoms with Crippen molar-refractivity contribution in [3.63, 3.8) is 0 Å². The van der Waals surface area contributed by atoms with Crippen molar-refractivity contribution in [2.75, 3.05) is 0 Å². The van der Waals surface area contributed by atoms with Crippen LogP contribution in [0.4, 0.5) is 0 Å². The summed E-state index contributed by atoms with van der Waals surface area (Å²) in [6, 6.07) is 7.75. The number of carbonyl (C=O) groups excluding carboxylic acids is 2. The number of benzene rings is 1. The van der Waals surface area contributed by atoms with Crippen molar-refractivity contribution in [3.05, 3.63) is 35.0 Å². The maximum atomic E-state index is 12.6. The molecule has 130 valence electrons. The van der Waals surface area contributed by atoms with Crippen molar-refractivity contribution in [3.8, 4) is 0 Å². The zero-order chi connectivity index (χ0) is 18.1. The number of hydrogen-bond acceptors (Lipinski definition) is 5. The largest absolute Gasteiger partial charge is 0.328 e. The van der Waals surface area contributed by atoms with Crippen LogP contribution < -0.4 is 5.43 Å². The molecule has 8 heteroatoms. The number of hydrazine groups is 1. The van der Waals surface area contributed by atoms with Gasteiger partial charge in [0.2, 0.25) is 5.91 Å². The molecule has 1 aliphatic heterocycles.